The monoisotopic (exact) mass is 245 g/mol. The number of hydrogen-bond donors (Lipinski definition) is 0. The van der Waals surface area contributed by atoms with Gasteiger partial charge in [-0.3, -0.25) is 0 Å². The Morgan fingerprint density at radius 2 is 2.33 bits per heavy atom. The van der Waals surface area contributed by atoms with Crippen molar-refractivity contribution in [1.29, 1.82) is 0 Å². The normalized spacial score (nSPS) is 31.5. The summed E-state index contributed by atoms with van der Waals surface area (Å²) in [6, 6.07) is 2.06. The standard InChI is InChI=1S/C11H16ClNOS/c1-7-3-4-8(12)5-9(7)10-6-11(14-2)13-15-10/h6-9H,3-5H2,1-2H3. The number of hydrogen-bond acceptors (Lipinski definition) is 3. The third-order valence-electron chi connectivity index (χ3n) is 3.21. The quantitative estimate of drug-likeness (QED) is 0.742. The maximum absolute atomic E-state index is 6.22. The molecule has 4 heteroatoms. The Kier molecular flexibility index (Phi) is 3.52. The van der Waals surface area contributed by atoms with Crippen LogP contribution in [0.4, 0.5) is 0 Å². The number of ether oxygens (including phenoxy) is 1. The molecule has 0 spiro atoms. The molecular weight excluding hydrogens is 230 g/mol. The zero-order valence-electron chi connectivity index (χ0n) is 9.07. The summed E-state index contributed by atoms with van der Waals surface area (Å²) in [7, 11) is 1.66. The van der Waals surface area contributed by atoms with Crippen LogP contribution in [-0.4, -0.2) is 16.9 Å². The van der Waals surface area contributed by atoms with Gasteiger partial charge in [-0.25, -0.2) is 0 Å². The van der Waals surface area contributed by atoms with Crippen LogP contribution in [0, 0.1) is 5.92 Å². The molecule has 0 amide bonds. The Labute approximate surface area is 99.8 Å². The second-order valence-corrected chi connectivity index (χ2v) is 5.72. The van der Waals surface area contributed by atoms with Gasteiger partial charge in [0, 0.05) is 16.3 Å². The van der Waals surface area contributed by atoms with Crippen molar-refractivity contribution >= 4 is 23.1 Å². The molecule has 1 aliphatic rings. The molecule has 2 rings (SSSR count). The lowest BCUT2D eigenvalue weighted by molar-refractivity contribution is 0.337. The number of halogens is 1. The van der Waals surface area contributed by atoms with Gasteiger partial charge in [0.1, 0.15) is 0 Å². The second kappa shape index (κ2) is 4.71. The highest BCUT2D eigenvalue weighted by Gasteiger charge is 2.29. The molecule has 84 valence electrons. The zero-order chi connectivity index (χ0) is 10.8. The fraction of sp³-hybridized carbons (Fsp3) is 0.727. The highest BCUT2D eigenvalue weighted by atomic mass is 35.5. The smallest absolute Gasteiger partial charge is 0.225 e. The van der Waals surface area contributed by atoms with Gasteiger partial charge in [0.15, 0.2) is 0 Å². The van der Waals surface area contributed by atoms with Crippen LogP contribution in [0.1, 0.15) is 37.0 Å². The first kappa shape index (κ1) is 11.2. The number of methoxy groups -OCH3 is 1. The largest absolute Gasteiger partial charge is 0.480 e. The van der Waals surface area contributed by atoms with E-state index in [0.717, 1.165) is 18.7 Å². The summed E-state index contributed by atoms with van der Waals surface area (Å²) in [6.45, 7) is 2.31. The molecule has 0 aromatic carbocycles. The van der Waals surface area contributed by atoms with E-state index in [0.29, 0.717) is 17.2 Å². The molecule has 1 aromatic rings. The van der Waals surface area contributed by atoms with Crippen LogP contribution in [0.3, 0.4) is 0 Å². The summed E-state index contributed by atoms with van der Waals surface area (Å²) in [5.41, 5.74) is 0. The predicted molar refractivity (Wildman–Crippen MR) is 64.1 cm³/mol. The Balaban J connectivity index is 2.13. The molecule has 1 aromatic heterocycles. The van der Waals surface area contributed by atoms with Gasteiger partial charge in [0.05, 0.1) is 7.11 Å². The van der Waals surface area contributed by atoms with Crippen LogP contribution >= 0.6 is 23.1 Å². The van der Waals surface area contributed by atoms with Crippen molar-refractivity contribution in [3.05, 3.63) is 10.9 Å². The molecule has 3 atom stereocenters. The summed E-state index contributed by atoms with van der Waals surface area (Å²) in [5, 5.41) is 0.333. The van der Waals surface area contributed by atoms with Crippen molar-refractivity contribution < 1.29 is 4.74 Å². The van der Waals surface area contributed by atoms with Crippen LogP contribution in [0.2, 0.25) is 0 Å². The van der Waals surface area contributed by atoms with Crippen LogP contribution in [0.25, 0.3) is 0 Å². The molecule has 0 bridgehead atoms. The minimum Gasteiger partial charge on any atom is -0.480 e. The average Bonchev–Trinajstić information content (AvgIpc) is 2.70. The second-order valence-electron chi connectivity index (χ2n) is 4.27. The molecule has 0 saturated heterocycles. The zero-order valence-corrected chi connectivity index (χ0v) is 10.6. The highest BCUT2D eigenvalue weighted by molar-refractivity contribution is 7.06. The van der Waals surface area contributed by atoms with Gasteiger partial charge >= 0.3 is 0 Å². The molecule has 1 saturated carbocycles. The lowest BCUT2D eigenvalue weighted by Gasteiger charge is -2.30. The molecule has 3 unspecified atom stereocenters. The predicted octanol–water partition coefficient (Wildman–Crippen LogP) is 3.66. The molecule has 15 heavy (non-hydrogen) atoms. The van der Waals surface area contributed by atoms with E-state index in [-0.39, 0.29) is 0 Å². The Hall–Kier alpha value is -0.280. The van der Waals surface area contributed by atoms with Crippen molar-refractivity contribution in [1.82, 2.24) is 4.37 Å². The third kappa shape index (κ3) is 2.45. The first-order valence-electron chi connectivity index (χ1n) is 5.35. The topological polar surface area (TPSA) is 22.1 Å². The molecule has 0 aliphatic heterocycles. The Bertz CT molecular complexity index is 328. The highest BCUT2D eigenvalue weighted by Crippen LogP contribution is 2.41. The van der Waals surface area contributed by atoms with E-state index in [1.165, 1.54) is 11.3 Å². The fourth-order valence-corrected chi connectivity index (χ4v) is 3.47. The first-order chi connectivity index (χ1) is 7.20. The lowest BCUT2D eigenvalue weighted by Crippen LogP contribution is -2.20. The minimum absolute atomic E-state index is 0.333. The minimum atomic E-state index is 0.333. The van der Waals surface area contributed by atoms with E-state index < -0.39 is 0 Å². The summed E-state index contributed by atoms with van der Waals surface area (Å²) in [5.74, 6) is 2.02. The van der Waals surface area contributed by atoms with Gasteiger partial charge in [0.25, 0.3) is 0 Å². The van der Waals surface area contributed by atoms with E-state index >= 15 is 0 Å². The molecular formula is C11H16ClNOS. The van der Waals surface area contributed by atoms with Crippen molar-refractivity contribution in [2.24, 2.45) is 5.92 Å². The Morgan fingerprint density at radius 3 is 3.00 bits per heavy atom. The molecule has 2 nitrogen and oxygen atoms in total. The molecule has 1 aliphatic carbocycles. The summed E-state index contributed by atoms with van der Waals surface area (Å²) in [4.78, 5) is 1.32. The average molecular weight is 246 g/mol. The van der Waals surface area contributed by atoms with Gasteiger partial charge in [-0.05, 0) is 42.6 Å². The SMILES string of the molecule is COc1cc(C2CC(Cl)CCC2C)sn1. The van der Waals surface area contributed by atoms with Gasteiger partial charge < -0.3 is 4.74 Å². The van der Waals surface area contributed by atoms with Crippen LogP contribution < -0.4 is 4.74 Å². The van der Waals surface area contributed by atoms with E-state index in [9.17, 15) is 0 Å². The van der Waals surface area contributed by atoms with Crippen molar-refractivity contribution in [3.63, 3.8) is 0 Å². The van der Waals surface area contributed by atoms with Crippen LogP contribution in [0.5, 0.6) is 5.88 Å². The first-order valence-corrected chi connectivity index (χ1v) is 6.56. The van der Waals surface area contributed by atoms with Gasteiger partial charge in [-0.15, -0.1) is 11.6 Å². The number of nitrogens with zero attached hydrogens (tertiary/aromatic N) is 1. The third-order valence-corrected chi connectivity index (χ3v) is 4.51. The summed E-state index contributed by atoms with van der Waals surface area (Å²) >= 11 is 7.77. The summed E-state index contributed by atoms with van der Waals surface area (Å²) in [6.07, 6.45) is 3.45. The van der Waals surface area contributed by atoms with Gasteiger partial charge in [0.2, 0.25) is 5.88 Å². The molecule has 0 N–H and O–H groups in total. The Morgan fingerprint density at radius 1 is 1.53 bits per heavy atom. The van der Waals surface area contributed by atoms with Gasteiger partial charge in [-0.1, -0.05) is 6.92 Å². The van der Waals surface area contributed by atoms with Crippen LogP contribution in [-0.2, 0) is 0 Å². The number of aromatic nitrogens is 1. The maximum atomic E-state index is 6.22. The number of rotatable bonds is 2. The van der Waals surface area contributed by atoms with Crippen molar-refractivity contribution in [2.45, 2.75) is 37.5 Å². The van der Waals surface area contributed by atoms with Crippen molar-refractivity contribution in [3.8, 4) is 5.88 Å². The number of alkyl halides is 1. The van der Waals surface area contributed by atoms with Crippen molar-refractivity contribution in [2.75, 3.05) is 7.11 Å². The lowest BCUT2D eigenvalue weighted by atomic mass is 9.79. The molecule has 1 heterocycles. The summed E-state index contributed by atoms with van der Waals surface area (Å²) < 4.78 is 9.36. The maximum Gasteiger partial charge on any atom is 0.225 e. The fourth-order valence-electron chi connectivity index (χ4n) is 2.21. The van der Waals surface area contributed by atoms with E-state index in [2.05, 4.69) is 17.4 Å². The van der Waals surface area contributed by atoms with Gasteiger partial charge in [-0.2, -0.15) is 4.37 Å². The molecule has 0 radical (unpaired) electrons. The van der Waals surface area contributed by atoms with E-state index in [1.54, 1.807) is 18.6 Å². The van der Waals surface area contributed by atoms with Crippen LogP contribution in [0.15, 0.2) is 6.07 Å². The molecule has 1 fully saturated rings. The van der Waals surface area contributed by atoms with E-state index in [1.807, 2.05) is 0 Å². The van der Waals surface area contributed by atoms with E-state index in [4.69, 9.17) is 16.3 Å².